The van der Waals surface area contributed by atoms with Crippen molar-refractivity contribution in [3.05, 3.63) is 0 Å². The molecule has 0 N–H and O–H groups in total. The molecule has 0 spiro atoms. The number of rotatable bonds is 12. The Balaban J connectivity index is 0. The predicted octanol–water partition coefficient (Wildman–Crippen LogP) is 6.25. The summed E-state index contributed by atoms with van der Waals surface area (Å²) < 4.78 is 0. The SMILES string of the molecule is CCCC[B]CCCC.CCCC[B]CCCC. The van der Waals surface area contributed by atoms with Crippen LogP contribution in [0.5, 0.6) is 0 Å². The molecule has 0 amide bonds. The van der Waals surface area contributed by atoms with Gasteiger partial charge in [-0.25, -0.2) is 0 Å². The molecule has 0 saturated heterocycles. The van der Waals surface area contributed by atoms with Gasteiger partial charge >= 0.3 is 0 Å². The summed E-state index contributed by atoms with van der Waals surface area (Å²) in [4.78, 5) is 0. The Hall–Kier alpha value is 0.130. The summed E-state index contributed by atoms with van der Waals surface area (Å²) in [7, 11) is 4.85. The highest BCUT2D eigenvalue weighted by Gasteiger charge is 1.88. The van der Waals surface area contributed by atoms with Crippen molar-refractivity contribution in [1.29, 1.82) is 0 Å². The maximum Gasteiger partial charge on any atom is 0.109 e. The third-order valence-electron chi connectivity index (χ3n) is 3.05. The molecule has 0 unspecified atom stereocenters. The second-order valence-corrected chi connectivity index (χ2v) is 5.15. The molecule has 0 aromatic rings. The minimum absolute atomic E-state index is 1.33. The van der Waals surface area contributed by atoms with Gasteiger partial charge in [0.2, 0.25) is 0 Å². The monoisotopic (exact) mass is 250 g/mol. The van der Waals surface area contributed by atoms with Gasteiger partial charge in [-0.05, 0) is 0 Å². The zero-order valence-electron chi connectivity index (χ0n) is 13.6. The number of hydrogen-bond acceptors (Lipinski definition) is 0. The largest absolute Gasteiger partial charge is 0.109 e. The van der Waals surface area contributed by atoms with Gasteiger partial charge in [0, 0.05) is 0 Å². The van der Waals surface area contributed by atoms with Crippen LogP contribution >= 0.6 is 0 Å². The van der Waals surface area contributed by atoms with Gasteiger partial charge in [0.1, 0.15) is 14.6 Å². The van der Waals surface area contributed by atoms with Crippen LogP contribution in [0.25, 0.3) is 0 Å². The molecule has 0 bridgehead atoms. The van der Waals surface area contributed by atoms with Crippen LogP contribution in [-0.4, -0.2) is 14.6 Å². The molecule has 0 aliphatic rings. The van der Waals surface area contributed by atoms with Crippen molar-refractivity contribution < 1.29 is 0 Å². The van der Waals surface area contributed by atoms with Gasteiger partial charge in [-0.2, -0.15) is 0 Å². The van der Waals surface area contributed by atoms with E-state index in [1.165, 1.54) is 76.6 Å². The predicted molar refractivity (Wildman–Crippen MR) is 90.4 cm³/mol. The first-order valence-corrected chi connectivity index (χ1v) is 8.46. The maximum atomic E-state index is 2.42. The number of unbranched alkanes of at least 4 members (excludes halogenated alkanes) is 4. The zero-order chi connectivity index (χ0) is 13.9. The molecule has 0 atom stereocenters. The van der Waals surface area contributed by atoms with E-state index in [-0.39, 0.29) is 0 Å². The fourth-order valence-corrected chi connectivity index (χ4v) is 1.68. The van der Waals surface area contributed by atoms with Crippen LogP contribution in [0.3, 0.4) is 0 Å². The van der Waals surface area contributed by atoms with Crippen LogP contribution in [0.2, 0.25) is 25.3 Å². The third-order valence-corrected chi connectivity index (χ3v) is 3.05. The Kier molecular flexibility index (Phi) is 25.4. The van der Waals surface area contributed by atoms with E-state index >= 15 is 0 Å². The van der Waals surface area contributed by atoms with Crippen molar-refractivity contribution in [2.45, 2.75) is 104 Å². The highest BCUT2D eigenvalue weighted by molar-refractivity contribution is 6.35. The van der Waals surface area contributed by atoms with E-state index in [1.54, 1.807) is 0 Å². The minimum Gasteiger partial charge on any atom is -0.0803 e. The summed E-state index contributed by atoms with van der Waals surface area (Å²) in [6.07, 6.45) is 16.2. The summed E-state index contributed by atoms with van der Waals surface area (Å²) in [5, 5.41) is 0. The molecule has 18 heavy (non-hydrogen) atoms. The van der Waals surface area contributed by atoms with Gasteiger partial charge in [-0.15, -0.1) is 0 Å². The van der Waals surface area contributed by atoms with E-state index in [1.807, 2.05) is 0 Å². The van der Waals surface area contributed by atoms with Crippen molar-refractivity contribution in [2.75, 3.05) is 0 Å². The maximum absolute atomic E-state index is 2.42. The molecule has 0 nitrogen and oxygen atoms in total. The van der Waals surface area contributed by atoms with Crippen LogP contribution < -0.4 is 0 Å². The second-order valence-electron chi connectivity index (χ2n) is 5.15. The van der Waals surface area contributed by atoms with Crippen LogP contribution in [-0.2, 0) is 0 Å². The lowest BCUT2D eigenvalue weighted by Gasteiger charge is -1.94. The quantitative estimate of drug-likeness (QED) is 0.283. The molecule has 0 rings (SSSR count). The summed E-state index contributed by atoms with van der Waals surface area (Å²) in [5.74, 6) is 0. The minimum atomic E-state index is 1.33. The average Bonchev–Trinajstić information content (AvgIpc) is 2.39. The lowest BCUT2D eigenvalue weighted by atomic mass is 9.68. The van der Waals surface area contributed by atoms with Crippen LogP contribution in [0.4, 0.5) is 0 Å². The number of hydrogen-bond donors (Lipinski definition) is 0. The molecule has 0 aromatic carbocycles. The molecule has 0 aliphatic carbocycles. The van der Waals surface area contributed by atoms with Crippen molar-refractivity contribution >= 4 is 14.6 Å². The van der Waals surface area contributed by atoms with E-state index in [4.69, 9.17) is 0 Å². The van der Waals surface area contributed by atoms with Crippen LogP contribution in [0.1, 0.15) is 79.1 Å². The van der Waals surface area contributed by atoms with E-state index in [9.17, 15) is 0 Å². The molecule has 2 heteroatoms. The van der Waals surface area contributed by atoms with Gasteiger partial charge in [-0.1, -0.05) is 104 Å². The summed E-state index contributed by atoms with van der Waals surface area (Å²) in [6, 6.07) is 0. The van der Waals surface area contributed by atoms with E-state index in [0.717, 1.165) is 0 Å². The Morgan fingerprint density at radius 1 is 0.444 bits per heavy atom. The first-order chi connectivity index (χ1) is 8.83. The first kappa shape index (κ1) is 20.4. The van der Waals surface area contributed by atoms with Gasteiger partial charge in [0.05, 0.1) is 0 Å². The molecular formula is C16H36B2. The summed E-state index contributed by atoms with van der Waals surface area (Å²) in [6.45, 7) is 8.97. The Morgan fingerprint density at radius 2 is 0.667 bits per heavy atom. The summed E-state index contributed by atoms with van der Waals surface area (Å²) in [5.41, 5.74) is 0. The smallest absolute Gasteiger partial charge is 0.0803 e. The lowest BCUT2D eigenvalue weighted by Crippen LogP contribution is -1.87. The van der Waals surface area contributed by atoms with Gasteiger partial charge in [-0.3, -0.25) is 0 Å². The van der Waals surface area contributed by atoms with Crippen molar-refractivity contribution in [2.24, 2.45) is 0 Å². The highest BCUT2D eigenvalue weighted by Crippen LogP contribution is 2.00. The van der Waals surface area contributed by atoms with Crippen LogP contribution in [0, 0.1) is 0 Å². The molecule has 0 fully saturated rings. The molecule has 0 aliphatic heterocycles. The molecule has 0 aromatic heterocycles. The topological polar surface area (TPSA) is 0 Å². The molecule has 2 radical (unpaired) electrons. The van der Waals surface area contributed by atoms with Crippen molar-refractivity contribution in [3.8, 4) is 0 Å². The standard InChI is InChI=1S/2C8H18B/c2*1-3-5-7-9-8-6-4-2/h2*3-8H2,1-2H3. The molecular weight excluding hydrogens is 214 g/mol. The lowest BCUT2D eigenvalue weighted by molar-refractivity contribution is 0.851. The fourth-order valence-electron chi connectivity index (χ4n) is 1.68. The van der Waals surface area contributed by atoms with Gasteiger partial charge in [0.25, 0.3) is 0 Å². The van der Waals surface area contributed by atoms with E-state index < -0.39 is 0 Å². The fraction of sp³-hybridized carbons (Fsp3) is 1.00. The van der Waals surface area contributed by atoms with Crippen molar-refractivity contribution in [1.82, 2.24) is 0 Å². The summed E-state index contributed by atoms with van der Waals surface area (Å²) >= 11 is 0. The first-order valence-electron chi connectivity index (χ1n) is 8.46. The third kappa shape index (κ3) is 25.1. The molecule has 0 saturated carbocycles. The highest BCUT2D eigenvalue weighted by atomic mass is 13.8. The molecule has 0 heterocycles. The normalized spacial score (nSPS) is 9.56. The Bertz CT molecular complexity index is 89.7. The van der Waals surface area contributed by atoms with E-state index in [2.05, 4.69) is 42.3 Å². The van der Waals surface area contributed by atoms with Gasteiger partial charge in [0.15, 0.2) is 0 Å². The average molecular weight is 250 g/mol. The van der Waals surface area contributed by atoms with Gasteiger partial charge < -0.3 is 0 Å². The second kappa shape index (κ2) is 22.3. The Morgan fingerprint density at radius 3 is 0.833 bits per heavy atom. The van der Waals surface area contributed by atoms with E-state index in [0.29, 0.717) is 0 Å². The van der Waals surface area contributed by atoms with Crippen LogP contribution in [0.15, 0.2) is 0 Å². The van der Waals surface area contributed by atoms with Crippen molar-refractivity contribution in [3.63, 3.8) is 0 Å². The Labute approximate surface area is 119 Å². The zero-order valence-corrected chi connectivity index (χ0v) is 13.6. The molecule has 106 valence electrons.